The number of imide groups is 1. The number of carbonyl (C=O) groups is 3. The van der Waals surface area contributed by atoms with E-state index in [1.807, 2.05) is 44.2 Å². The number of benzene rings is 1. The highest BCUT2D eigenvalue weighted by Gasteiger charge is 2.49. The predicted octanol–water partition coefficient (Wildman–Crippen LogP) is 1.16. The van der Waals surface area contributed by atoms with E-state index in [-0.39, 0.29) is 11.8 Å². The molecule has 0 bridgehead atoms. The Balaban J connectivity index is 1.71. The van der Waals surface area contributed by atoms with E-state index < -0.39 is 17.0 Å². The van der Waals surface area contributed by atoms with Crippen LogP contribution in [0.15, 0.2) is 30.3 Å². The molecule has 1 aromatic carbocycles. The molecule has 6 nitrogen and oxygen atoms in total. The van der Waals surface area contributed by atoms with Gasteiger partial charge < -0.3 is 10.2 Å². The van der Waals surface area contributed by atoms with Crippen LogP contribution in [-0.2, 0) is 15.0 Å². The van der Waals surface area contributed by atoms with Gasteiger partial charge in [-0.25, -0.2) is 4.79 Å². The van der Waals surface area contributed by atoms with Crippen molar-refractivity contribution in [1.29, 1.82) is 0 Å². The zero-order valence-electron chi connectivity index (χ0n) is 13.4. The second-order valence-corrected chi connectivity index (χ2v) is 6.77. The first kappa shape index (κ1) is 15.5. The Bertz CT molecular complexity index is 646. The van der Waals surface area contributed by atoms with E-state index in [4.69, 9.17) is 0 Å². The molecule has 1 spiro atoms. The second-order valence-electron chi connectivity index (χ2n) is 6.77. The maximum Gasteiger partial charge on any atom is 0.322 e. The first-order valence-corrected chi connectivity index (χ1v) is 7.84. The number of likely N-dealkylation sites (tertiary alicyclic amines) is 1. The van der Waals surface area contributed by atoms with Crippen LogP contribution in [0, 0.1) is 0 Å². The van der Waals surface area contributed by atoms with Crippen molar-refractivity contribution in [3.05, 3.63) is 35.9 Å². The van der Waals surface area contributed by atoms with Gasteiger partial charge in [-0.2, -0.15) is 0 Å². The highest BCUT2D eigenvalue weighted by atomic mass is 16.2. The molecule has 0 atom stereocenters. The van der Waals surface area contributed by atoms with Crippen LogP contribution in [0.25, 0.3) is 0 Å². The maximum absolute atomic E-state index is 12.9. The molecule has 23 heavy (non-hydrogen) atoms. The molecule has 0 unspecified atom stereocenters. The van der Waals surface area contributed by atoms with Gasteiger partial charge >= 0.3 is 6.03 Å². The summed E-state index contributed by atoms with van der Waals surface area (Å²) in [5, 5.41) is 5.00. The third-order valence-electron chi connectivity index (χ3n) is 4.95. The molecule has 0 radical (unpaired) electrons. The van der Waals surface area contributed by atoms with Crippen LogP contribution < -0.4 is 10.6 Å². The van der Waals surface area contributed by atoms with Crippen LogP contribution >= 0.6 is 0 Å². The third-order valence-corrected chi connectivity index (χ3v) is 4.95. The fraction of sp³-hybridized carbons (Fsp3) is 0.471. The molecule has 1 aromatic rings. The monoisotopic (exact) mass is 315 g/mol. The SMILES string of the molecule is CC(C)(C(=O)N1CCC2(CC1)NC(=O)NC2=O)c1ccccc1. The highest BCUT2D eigenvalue weighted by molar-refractivity contribution is 6.07. The van der Waals surface area contributed by atoms with E-state index >= 15 is 0 Å². The van der Waals surface area contributed by atoms with E-state index in [1.165, 1.54) is 0 Å². The topological polar surface area (TPSA) is 78.5 Å². The molecule has 0 aromatic heterocycles. The van der Waals surface area contributed by atoms with Gasteiger partial charge in [-0.1, -0.05) is 30.3 Å². The fourth-order valence-corrected chi connectivity index (χ4v) is 3.35. The lowest BCUT2D eigenvalue weighted by Gasteiger charge is -2.40. The van der Waals surface area contributed by atoms with Gasteiger partial charge in [-0.05, 0) is 32.3 Å². The van der Waals surface area contributed by atoms with Crippen LogP contribution in [0.5, 0.6) is 0 Å². The van der Waals surface area contributed by atoms with Crippen molar-refractivity contribution in [3.63, 3.8) is 0 Å². The lowest BCUT2D eigenvalue weighted by Crippen LogP contribution is -2.57. The number of nitrogens with zero attached hydrogens (tertiary/aromatic N) is 1. The standard InChI is InChI=1S/C17H21N3O3/c1-16(2,12-6-4-3-5-7-12)14(22)20-10-8-17(9-11-20)13(21)18-15(23)19-17/h3-7H,8-11H2,1-2H3,(H2,18,19,21,23). The van der Waals surface area contributed by atoms with Gasteiger partial charge in [0, 0.05) is 13.1 Å². The Morgan fingerprint density at radius 3 is 2.26 bits per heavy atom. The first-order valence-electron chi connectivity index (χ1n) is 7.84. The smallest absolute Gasteiger partial charge is 0.322 e. The molecule has 2 aliphatic rings. The molecular weight excluding hydrogens is 294 g/mol. The molecular formula is C17H21N3O3. The van der Waals surface area contributed by atoms with Crippen LogP contribution in [0.1, 0.15) is 32.3 Å². The summed E-state index contributed by atoms with van der Waals surface area (Å²) in [5.41, 5.74) is -0.491. The minimum atomic E-state index is -0.843. The quantitative estimate of drug-likeness (QED) is 0.804. The molecule has 0 aliphatic carbocycles. The summed E-state index contributed by atoms with van der Waals surface area (Å²) in [7, 11) is 0. The Labute approximate surface area is 135 Å². The average molecular weight is 315 g/mol. The normalized spacial score (nSPS) is 20.3. The second kappa shape index (κ2) is 5.37. The van der Waals surface area contributed by atoms with Gasteiger partial charge in [-0.15, -0.1) is 0 Å². The van der Waals surface area contributed by atoms with Crippen molar-refractivity contribution in [1.82, 2.24) is 15.5 Å². The van der Waals surface area contributed by atoms with E-state index in [9.17, 15) is 14.4 Å². The Hall–Kier alpha value is -2.37. The van der Waals surface area contributed by atoms with Crippen LogP contribution in [0.4, 0.5) is 4.79 Å². The number of hydrogen-bond acceptors (Lipinski definition) is 3. The lowest BCUT2D eigenvalue weighted by atomic mass is 9.81. The molecule has 2 aliphatic heterocycles. The van der Waals surface area contributed by atoms with Gasteiger partial charge in [0.05, 0.1) is 5.41 Å². The third kappa shape index (κ3) is 2.58. The van der Waals surface area contributed by atoms with Crippen molar-refractivity contribution < 1.29 is 14.4 Å². The molecule has 122 valence electrons. The van der Waals surface area contributed by atoms with E-state index in [2.05, 4.69) is 10.6 Å². The van der Waals surface area contributed by atoms with Crippen molar-refractivity contribution in [2.24, 2.45) is 0 Å². The zero-order valence-corrected chi connectivity index (χ0v) is 13.4. The summed E-state index contributed by atoms with van der Waals surface area (Å²) >= 11 is 0. The summed E-state index contributed by atoms with van der Waals surface area (Å²) in [5.74, 6) is -0.236. The Kier molecular flexibility index (Phi) is 3.62. The largest absolute Gasteiger partial charge is 0.342 e. The number of piperidine rings is 1. The van der Waals surface area contributed by atoms with Crippen molar-refractivity contribution in [2.75, 3.05) is 13.1 Å². The first-order chi connectivity index (χ1) is 10.8. The van der Waals surface area contributed by atoms with Crippen molar-refractivity contribution >= 4 is 17.8 Å². The fourth-order valence-electron chi connectivity index (χ4n) is 3.35. The summed E-state index contributed by atoms with van der Waals surface area (Å²) in [4.78, 5) is 38.0. The zero-order chi connectivity index (χ0) is 16.7. The molecule has 2 saturated heterocycles. The van der Waals surface area contributed by atoms with E-state index in [0.717, 1.165) is 5.56 Å². The minimum absolute atomic E-state index is 0.0447. The highest BCUT2D eigenvalue weighted by Crippen LogP contribution is 2.30. The maximum atomic E-state index is 12.9. The van der Waals surface area contributed by atoms with E-state index in [0.29, 0.717) is 25.9 Å². The van der Waals surface area contributed by atoms with Gasteiger partial charge in [0.1, 0.15) is 5.54 Å². The summed E-state index contributed by atoms with van der Waals surface area (Å²) in [6.07, 6.45) is 0.891. The van der Waals surface area contributed by atoms with Crippen LogP contribution in [-0.4, -0.2) is 41.4 Å². The van der Waals surface area contributed by atoms with Crippen LogP contribution in [0.2, 0.25) is 0 Å². The Morgan fingerprint density at radius 1 is 1.13 bits per heavy atom. The lowest BCUT2D eigenvalue weighted by molar-refractivity contribution is -0.140. The number of rotatable bonds is 2. The number of carbonyl (C=O) groups excluding carboxylic acids is 3. The molecule has 2 fully saturated rings. The summed E-state index contributed by atoms with van der Waals surface area (Å²) in [6, 6.07) is 9.24. The molecule has 0 saturated carbocycles. The van der Waals surface area contributed by atoms with Gasteiger partial charge in [0.2, 0.25) is 5.91 Å². The van der Waals surface area contributed by atoms with Crippen LogP contribution in [0.3, 0.4) is 0 Å². The molecule has 3 rings (SSSR count). The van der Waals surface area contributed by atoms with Crippen molar-refractivity contribution in [2.45, 2.75) is 37.6 Å². The number of nitrogens with one attached hydrogen (secondary N) is 2. The van der Waals surface area contributed by atoms with E-state index in [1.54, 1.807) is 4.90 Å². The Morgan fingerprint density at radius 2 is 1.74 bits per heavy atom. The number of amides is 4. The van der Waals surface area contributed by atoms with Crippen molar-refractivity contribution in [3.8, 4) is 0 Å². The average Bonchev–Trinajstić information content (AvgIpc) is 2.82. The van der Waals surface area contributed by atoms with Gasteiger partial charge in [-0.3, -0.25) is 14.9 Å². The number of hydrogen-bond donors (Lipinski definition) is 2. The summed E-state index contributed by atoms with van der Waals surface area (Å²) < 4.78 is 0. The molecule has 4 amide bonds. The van der Waals surface area contributed by atoms with Gasteiger partial charge in [0.25, 0.3) is 5.91 Å². The van der Waals surface area contributed by atoms with Gasteiger partial charge in [0.15, 0.2) is 0 Å². The predicted molar refractivity (Wildman–Crippen MR) is 84.7 cm³/mol. The molecule has 6 heteroatoms. The number of urea groups is 1. The summed E-state index contributed by atoms with van der Waals surface area (Å²) in [6.45, 7) is 4.75. The molecule has 2 heterocycles. The minimum Gasteiger partial charge on any atom is -0.342 e. The molecule has 2 N–H and O–H groups in total.